The zero-order valence-corrected chi connectivity index (χ0v) is 13.8. The predicted molar refractivity (Wildman–Crippen MR) is 84.8 cm³/mol. The number of hydrogen-bond acceptors (Lipinski definition) is 4. The van der Waals surface area contributed by atoms with Crippen molar-refractivity contribution in [3.8, 4) is 0 Å². The molecule has 2 fully saturated rings. The smallest absolute Gasteiger partial charge is 0.328 e. The van der Waals surface area contributed by atoms with Crippen molar-refractivity contribution >= 4 is 21.8 Å². The molecule has 0 radical (unpaired) electrons. The Hall–Kier alpha value is -1.41. The fourth-order valence-electron chi connectivity index (χ4n) is 3.30. The third kappa shape index (κ3) is 3.03. The lowest BCUT2D eigenvalue weighted by Gasteiger charge is -2.38. The van der Waals surface area contributed by atoms with Crippen molar-refractivity contribution in [2.24, 2.45) is 5.41 Å². The molecule has 7 nitrogen and oxygen atoms in total. The van der Waals surface area contributed by atoms with E-state index < -0.39 is 11.2 Å². The molecule has 8 heteroatoms. The SMILES string of the molecule is O=C(Cn1cc(Br)c(=O)[nH]c1=O)N1CCC2(CCNC2)CC1. The van der Waals surface area contributed by atoms with Gasteiger partial charge in [-0.05, 0) is 47.2 Å². The van der Waals surface area contributed by atoms with Gasteiger partial charge in [-0.25, -0.2) is 4.79 Å². The monoisotopic (exact) mass is 370 g/mol. The molecule has 1 amide bonds. The van der Waals surface area contributed by atoms with Gasteiger partial charge in [0.05, 0.1) is 4.47 Å². The second-order valence-electron chi connectivity index (χ2n) is 6.17. The maximum Gasteiger partial charge on any atom is 0.328 e. The van der Waals surface area contributed by atoms with Crippen molar-refractivity contribution in [1.29, 1.82) is 0 Å². The van der Waals surface area contributed by atoms with Gasteiger partial charge in [0, 0.05) is 25.8 Å². The van der Waals surface area contributed by atoms with Crippen molar-refractivity contribution in [2.45, 2.75) is 25.8 Å². The summed E-state index contributed by atoms with van der Waals surface area (Å²) in [5, 5.41) is 3.40. The fourth-order valence-corrected chi connectivity index (χ4v) is 3.64. The van der Waals surface area contributed by atoms with E-state index in [0.29, 0.717) is 5.41 Å². The number of hydrogen-bond donors (Lipinski definition) is 2. The molecule has 3 heterocycles. The molecule has 0 bridgehead atoms. The van der Waals surface area contributed by atoms with Crippen molar-refractivity contribution in [3.63, 3.8) is 0 Å². The molecule has 2 N–H and O–H groups in total. The average Bonchev–Trinajstić information content (AvgIpc) is 2.93. The van der Waals surface area contributed by atoms with E-state index in [4.69, 9.17) is 0 Å². The number of nitrogens with one attached hydrogen (secondary N) is 2. The van der Waals surface area contributed by atoms with Gasteiger partial charge >= 0.3 is 5.69 Å². The highest BCUT2D eigenvalue weighted by Crippen LogP contribution is 2.36. The second kappa shape index (κ2) is 6.00. The molecule has 3 rings (SSSR count). The van der Waals surface area contributed by atoms with E-state index in [2.05, 4.69) is 26.2 Å². The molecule has 22 heavy (non-hydrogen) atoms. The quantitative estimate of drug-likeness (QED) is 0.760. The highest BCUT2D eigenvalue weighted by Gasteiger charge is 2.37. The van der Waals surface area contributed by atoms with Gasteiger partial charge in [0.2, 0.25) is 5.91 Å². The van der Waals surface area contributed by atoms with Crippen LogP contribution in [0.5, 0.6) is 0 Å². The molecule has 2 aliphatic heterocycles. The van der Waals surface area contributed by atoms with Crippen LogP contribution >= 0.6 is 15.9 Å². The summed E-state index contributed by atoms with van der Waals surface area (Å²) in [6.07, 6.45) is 4.57. The van der Waals surface area contributed by atoms with Crippen molar-refractivity contribution < 1.29 is 4.79 Å². The van der Waals surface area contributed by atoms with Crippen LogP contribution in [0.2, 0.25) is 0 Å². The third-order valence-electron chi connectivity index (χ3n) is 4.78. The first-order valence-corrected chi connectivity index (χ1v) is 8.26. The number of rotatable bonds is 2. The maximum absolute atomic E-state index is 12.4. The first-order chi connectivity index (χ1) is 10.5. The summed E-state index contributed by atoms with van der Waals surface area (Å²) in [7, 11) is 0. The van der Waals surface area contributed by atoms with E-state index in [1.54, 1.807) is 0 Å². The topological polar surface area (TPSA) is 87.2 Å². The molecule has 0 unspecified atom stereocenters. The molecule has 2 saturated heterocycles. The van der Waals surface area contributed by atoms with Crippen LogP contribution in [0.1, 0.15) is 19.3 Å². The summed E-state index contributed by atoms with van der Waals surface area (Å²) in [5.74, 6) is -0.0816. The van der Waals surface area contributed by atoms with Gasteiger partial charge in [0.15, 0.2) is 0 Å². The van der Waals surface area contributed by atoms with E-state index in [9.17, 15) is 14.4 Å². The van der Waals surface area contributed by atoms with Gasteiger partial charge in [0.25, 0.3) is 5.56 Å². The largest absolute Gasteiger partial charge is 0.341 e. The Kier molecular flexibility index (Phi) is 4.22. The lowest BCUT2D eigenvalue weighted by atomic mass is 9.78. The Morgan fingerprint density at radius 2 is 2.00 bits per heavy atom. The van der Waals surface area contributed by atoms with Crippen molar-refractivity contribution in [1.82, 2.24) is 19.8 Å². The number of aromatic nitrogens is 2. The van der Waals surface area contributed by atoms with Crippen LogP contribution < -0.4 is 16.6 Å². The molecule has 120 valence electrons. The van der Waals surface area contributed by atoms with Crippen LogP contribution in [0.4, 0.5) is 0 Å². The number of nitrogens with zero attached hydrogens (tertiary/aromatic N) is 2. The van der Waals surface area contributed by atoms with E-state index >= 15 is 0 Å². The van der Waals surface area contributed by atoms with Gasteiger partial charge in [-0.1, -0.05) is 0 Å². The predicted octanol–water partition coefficient (Wildman–Crippen LogP) is -0.0988. The number of halogens is 1. The fraction of sp³-hybridized carbons (Fsp3) is 0.643. The van der Waals surface area contributed by atoms with Gasteiger partial charge in [-0.2, -0.15) is 0 Å². The number of likely N-dealkylation sites (tertiary alicyclic amines) is 1. The molecule has 1 aromatic rings. The molecular weight excluding hydrogens is 352 g/mol. The van der Waals surface area contributed by atoms with Crippen LogP contribution in [0.25, 0.3) is 0 Å². The van der Waals surface area contributed by atoms with Crippen molar-refractivity contribution in [2.75, 3.05) is 26.2 Å². The highest BCUT2D eigenvalue weighted by atomic mass is 79.9. The minimum Gasteiger partial charge on any atom is -0.341 e. The Balaban J connectivity index is 1.65. The van der Waals surface area contributed by atoms with E-state index in [0.717, 1.165) is 39.0 Å². The van der Waals surface area contributed by atoms with Crippen LogP contribution in [-0.2, 0) is 11.3 Å². The van der Waals surface area contributed by atoms with Gasteiger partial charge < -0.3 is 10.2 Å². The van der Waals surface area contributed by atoms with Crippen LogP contribution in [0, 0.1) is 5.41 Å². The first kappa shape index (κ1) is 15.5. The normalized spacial score (nSPS) is 20.5. The number of aromatic amines is 1. The third-order valence-corrected chi connectivity index (χ3v) is 5.35. The van der Waals surface area contributed by atoms with Gasteiger partial charge in [0.1, 0.15) is 6.54 Å². The van der Waals surface area contributed by atoms with Crippen LogP contribution in [0.15, 0.2) is 20.3 Å². The van der Waals surface area contributed by atoms with Gasteiger partial charge in [-0.3, -0.25) is 19.1 Å². The van der Waals surface area contributed by atoms with E-state index in [1.807, 2.05) is 4.90 Å². The zero-order valence-electron chi connectivity index (χ0n) is 12.2. The number of H-pyrrole nitrogens is 1. The number of carbonyl (C=O) groups is 1. The Labute approximate surface area is 135 Å². The summed E-state index contributed by atoms with van der Waals surface area (Å²) < 4.78 is 1.48. The first-order valence-electron chi connectivity index (χ1n) is 7.47. The summed E-state index contributed by atoms with van der Waals surface area (Å²) in [6, 6.07) is 0. The summed E-state index contributed by atoms with van der Waals surface area (Å²) in [5.41, 5.74) is -0.688. The Bertz CT molecular complexity index is 680. The Morgan fingerprint density at radius 1 is 1.27 bits per heavy atom. The molecular formula is C14H19BrN4O3. The van der Waals surface area contributed by atoms with E-state index in [-0.39, 0.29) is 16.9 Å². The molecule has 0 atom stereocenters. The average molecular weight is 371 g/mol. The summed E-state index contributed by atoms with van der Waals surface area (Å²) in [4.78, 5) is 39.4. The zero-order chi connectivity index (χ0) is 15.7. The summed E-state index contributed by atoms with van der Waals surface area (Å²) in [6.45, 7) is 3.54. The number of piperidine rings is 1. The second-order valence-corrected chi connectivity index (χ2v) is 7.03. The standard InChI is InChI=1S/C14H19BrN4O3/c15-10-7-19(13(22)17-12(10)21)8-11(20)18-5-2-14(3-6-18)1-4-16-9-14/h7,16H,1-6,8-9H2,(H,17,21,22). The minimum atomic E-state index is -0.560. The van der Waals surface area contributed by atoms with E-state index in [1.165, 1.54) is 17.2 Å². The molecule has 2 aliphatic rings. The van der Waals surface area contributed by atoms with Crippen LogP contribution in [0.3, 0.4) is 0 Å². The number of amides is 1. The number of carbonyl (C=O) groups excluding carboxylic acids is 1. The molecule has 0 aliphatic carbocycles. The van der Waals surface area contributed by atoms with Crippen molar-refractivity contribution in [3.05, 3.63) is 31.5 Å². The lowest BCUT2D eigenvalue weighted by Crippen LogP contribution is -2.46. The Morgan fingerprint density at radius 3 is 2.64 bits per heavy atom. The molecule has 1 spiro atoms. The summed E-state index contributed by atoms with van der Waals surface area (Å²) >= 11 is 3.07. The van der Waals surface area contributed by atoms with Crippen LogP contribution in [-0.4, -0.2) is 46.5 Å². The molecule has 0 aromatic carbocycles. The van der Waals surface area contributed by atoms with Gasteiger partial charge in [-0.15, -0.1) is 0 Å². The molecule has 0 saturated carbocycles. The maximum atomic E-state index is 12.4. The highest BCUT2D eigenvalue weighted by molar-refractivity contribution is 9.10. The molecule has 1 aromatic heterocycles. The minimum absolute atomic E-state index is 0.0422. The lowest BCUT2D eigenvalue weighted by molar-refractivity contribution is -0.134.